The molecule has 20 heavy (non-hydrogen) atoms. The summed E-state index contributed by atoms with van der Waals surface area (Å²) in [6.07, 6.45) is 3.04. The fourth-order valence-corrected chi connectivity index (χ4v) is 3.89. The van der Waals surface area contributed by atoms with Gasteiger partial charge in [0.05, 0.1) is 5.54 Å². The van der Waals surface area contributed by atoms with Gasteiger partial charge in [0.25, 0.3) is 0 Å². The molecule has 1 N–H and O–H groups in total. The van der Waals surface area contributed by atoms with E-state index < -0.39 is 0 Å². The molecule has 0 unspecified atom stereocenters. The number of carbonyl (C=O) groups excluding carboxylic acids is 1. The Kier molecular flexibility index (Phi) is 5.27. The number of nitrogens with zero attached hydrogens (tertiary/aromatic N) is 1. The Morgan fingerprint density at radius 1 is 1.55 bits per heavy atom. The summed E-state index contributed by atoms with van der Waals surface area (Å²) in [5.74, 6) is 0.959. The second kappa shape index (κ2) is 6.76. The molecule has 5 heteroatoms. The van der Waals surface area contributed by atoms with E-state index in [0.717, 1.165) is 34.7 Å². The number of aryl methyl sites for hydroxylation is 1. The van der Waals surface area contributed by atoms with Gasteiger partial charge in [-0.2, -0.15) is 0 Å². The standard InChI is InChI=1S/C15H19BrN2OS/c1-11(19)17-14-18-15(2,8-9-20-14)7-6-12-4-3-5-13(16)10-12/h3-5,10H,6-9H2,1-2H3,(H,17,18,19)/t15-/m1/s1. The van der Waals surface area contributed by atoms with Gasteiger partial charge in [-0.25, -0.2) is 0 Å². The predicted octanol–water partition coefficient (Wildman–Crippen LogP) is 3.77. The van der Waals surface area contributed by atoms with E-state index in [1.165, 1.54) is 12.5 Å². The Bertz CT molecular complexity index is 532. The molecule has 1 aliphatic rings. The molecule has 0 saturated carbocycles. The molecule has 0 aliphatic carbocycles. The van der Waals surface area contributed by atoms with Crippen molar-refractivity contribution >= 4 is 38.8 Å². The fourth-order valence-electron chi connectivity index (χ4n) is 2.20. The zero-order valence-electron chi connectivity index (χ0n) is 11.8. The molecule has 1 aliphatic heterocycles. The first-order valence-electron chi connectivity index (χ1n) is 6.72. The summed E-state index contributed by atoms with van der Waals surface area (Å²) in [5, 5.41) is 3.58. The first kappa shape index (κ1) is 15.6. The van der Waals surface area contributed by atoms with Crippen LogP contribution in [0, 0.1) is 0 Å². The highest BCUT2D eigenvalue weighted by molar-refractivity contribution is 9.10. The van der Waals surface area contributed by atoms with Crippen LogP contribution < -0.4 is 5.32 Å². The Morgan fingerprint density at radius 2 is 2.35 bits per heavy atom. The van der Waals surface area contributed by atoms with Crippen molar-refractivity contribution in [3.63, 3.8) is 0 Å². The molecule has 0 bridgehead atoms. The quantitative estimate of drug-likeness (QED) is 0.897. The van der Waals surface area contributed by atoms with Crippen LogP contribution in [0.15, 0.2) is 33.7 Å². The van der Waals surface area contributed by atoms with Crippen LogP contribution in [-0.2, 0) is 11.2 Å². The largest absolute Gasteiger partial charge is 0.306 e. The first-order chi connectivity index (χ1) is 9.47. The summed E-state index contributed by atoms with van der Waals surface area (Å²) in [6.45, 7) is 3.70. The van der Waals surface area contributed by atoms with Crippen LogP contribution >= 0.6 is 27.7 Å². The topological polar surface area (TPSA) is 41.5 Å². The van der Waals surface area contributed by atoms with E-state index in [1.807, 2.05) is 6.07 Å². The summed E-state index contributed by atoms with van der Waals surface area (Å²) >= 11 is 5.13. The Morgan fingerprint density at radius 3 is 3.05 bits per heavy atom. The third kappa shape index (κ3) is 4.63. The highest BCUT2D eigenvalue weighted by Gasteiger charge is 2.28. The average Bonchev–Trinajstić information content (AvgIpc) is 2.36. The average molecular weight is 355 g/mol. The van der Waals surface area contributed by atoms with Gasteiger partial charge < -0.3 is 5.32 Å². The van der Waals surface area contributed by atoms with E-state index in [1.54, 1.807) is 11.8 Å². The third-order valence-corrected chi connectivity index (χ3v) is 4.74. The van der Waals surface area contributed by atoms with Crippen molar-refractivity contribution in [1.82, 2.24) is 5.32 Å². The maximum absolute atomic E-state index is 11.1. The van der Waals surface area contributed by atoms with Gasteiger partial charge in [0, 0.05) is 17.1 Å². The highest BCUT2D eigenvalue weighted by atomic mass is 79.9. The SMILES string of the molecule is CC(=O)NC1=N[C@](C)(CCc2cccc(Br)c2)CCS1. The molecule has 3 nitrogen and oxygen atoms in total. The second-order valence-electron chi connectivity index (χ2n) is 5.32. The lowest BCUT2D eigenvalue weighted by Gasteiger charge is -2.30. The van der Waals surface area contributed by atoms with Crippen molar-refractivity contribution in [3.8, 4) is 0 Å². The molecule has 1 heterocycles. The number of halogens is 1. The minimum Gasteiger partial charge on any atom is -0.306 e. The van der Waals surface area contributed by atoms with Crippen molar-refractivity contribution in [3.05, 3.63) is 34.3 Å². The van der Waals surface area contributed by atoms with Crippen LogP contribution in [0.1, 0.15) is 32.3 Å². The predicted molar refractivity (Wildman–Crippen MR) is 89.2 cm³/mol. The van der Waals surface area contributed by atoms with Crippen LogP contribution in [0.25, 0.3) is 0 Å². The monoisotopic (exact) mass is 354 g/mol. The number of amides is 1. The number of benzene rings is 1. The summed E-state index contributed by atoms with van der Waals surface area (Å²) in [7, 11) is 0. The fraction of sp³-hybridized carbons (Fsp3) is 0.467. The number of carbonyl (C=O) groups is 1. The van der Waals surface area contributed by atoms with Gasteiger partial charge in [-0.1, -0.05) is 39.8 Å². The normalized spacial score (nSPS) is 22.2. The van der Waals surface area contributed by atoms with Crippen molar-refractivity contribution in [1.29, 1.82) is 0 Å². The number of aliphatic imine (C=N–C) groups is 1. The molecule has 0 spiro atoms. The van der Waals surface area contributed by atoms with Crippen LogP contribution in [0.2, 0.25) is 0 Å². The van der Waals surface area contributed by atoms with Gasteiger partial charge in [-0.15, -0.1) is 0 Å². The van der Waals surface area contributed by atoms with E-state index >= 15 is 0 Å². The van der Waals surface area contributed by atoms with E-state index in [9.17, 15) is 4.79 Å². The second-order valence-corrected chi connectivity index (χ2v) is 7.32. The van der Waals surface area contributed by atoms with E-state index in [2.05, 4.69) is 46.4 Å². The molecular weight excluding hydrogens is 336 g/mol. The number of amidine groups is 1. The highest BCUT2D eigenvalue weighted by Crippen LogP contribution is 2.30. The minimum atomic E-state index is -0.0780. The third-order valence-electron chi connectivity index (χ3n) is 3.38. The van der Waals surface area contributed by atoms with Gasteiger partial charge in [0.15, 0.2) is 5.17 Å². The molecule has 0 radical (unpaired) electrons. The lowest BCUT2D eigenvalue weighted by atomic mass is 9.91. The zero-order chi connectivity index (χ0) is 14.6. The molecule has 0 fully saturated rings. The Balaban J connectivity index is 2.01. The number of hydrogen-bond acceptors (Lipinski definition) is 3. The summed E-state index contributed by atoms with van der Waals surface area (Å²) in [6, 6.07) is 8.39. The zero-order valence-corrected chi connectivity index (χ0v) is 14.2. The molecule has 108 valence electrons. The molecule has 0 aromatic heterocycles. The smallest absolute Gasteiger partial charge is 0.222 e. The van der Waals surface area contributed by atoms with Crippen molar-refractivity contribution in [2.75, 3.05) is 5.75 Å². The lowest BCUT2D eigenvalue weighted by Crippen LogP contribution is -2.35. The summed E-state index contributed by atoms with van der Waals surface area (Å²) < 4.78 is 1.11. The lowest BCUT2D eigenvalue weighted by molar-refractivity contribution is -0.117. The Hall–Kier alpha value is -0.810. The van der Waals surface area contributed by atoms with Crippen molar-refractivity contribution < 1.29 is 4.79 Å². The maximum Gasteiger partial charge on any atom is 0.222 e. The van der Waals surface area contributed by atoms with Crippen LogP contribution in [0.3, 0.4) is 0 Å². The number of thioether (sulfide) groups is 1. The molecule has 2 rings (SSSR count). The first-order valence-corrected chi connectivity index (χ1v) is 8.49. The van der Waals surface area contributed by atoms with Crippen LogP contribution in [-0.4, -0.2) is 22.4 Å². The van der Waals surface area contributed by atoms with E-state index in [4.69, 9.17) is 4.99 Å². The van der Waals surface area contributed by atoms with Crippen LogP contribution in [0.4, 0.5) is 0 Å². The molecule has 1 atom stereocenters. The van der Waals surface area contributed by atoms with E-state index in [-0.39, 0.29) is 11.4 Å². The van der Waals surface area contributed by atoms with Crippen LogP contribution in [0.5, 0.6) is 0 Å². The molecule has 1 aromatic carbocycles. The van der Waals surface area contributed by atoms with E-state index in [0.29, 0.717) is 0 Å². The van der Waals surface area contributed by atoms with Gasteiger partial charge in [-0.05, 0) is 43.9 Å². The van der Waals surface area contributed by atoms with Crippen molar-refractivity contribution in [2.45, 2.75) is 38.6 Å². The Labute approximate surface area is 132 Å². The van der Waals surface area contributed by atoms with Gasteiger partial charge in [0.1, 0.15) is 0 Å². The summed E-state index contributed by atoms with van der Waals surface area (Å²) in [5.41, 5.74) is 1.24. The molecule has 1 amide bonds. The van der Waals surface area contributed by atoms with Crippen molar-refractivity contribution in [2.24, 2.45) is 4.99 Å². The maximum atomic E-state index is 11.1. The van der Waals surface area contributed by atoms with Gasteiger partial charge >= 0.3 is 0 Å². The minimum absolute atomic E-state index is 0.0486. The number of hydrogen-bond donors (Lipinski definition) is 1. The number of rotatable bonds is 3. The molecular formula is C15H19BrN2OS. The molecule has 0 saturated heterocycles. The van der Waals surface area contributed by atoms with Gasteiger partial charge in [0.2, 0.25) is 5.91 Å². The molecule has 1 aromatic rings. The summed E-state index contributed by atoms with van der Waals surface area (Å²) in [4.78, 5) is 15.9. The number of nitrogens with one attached hydrogen (secondary N) is 1. The van der Waals surface area contributed by atoms with Gasteiger partial charge in [-0.3, -0.25) is 9.79 Å².